The molecule has 6 nitrogen and oxygen atoms in total. The molecule has 3 aromatic rings. The first kappa shape index (κ1) is 28.6. The lowest BCUT2D eigenvalue weighted by Crippen LogP contribution is -2.43. The summed E-state index contributed by atoms with van der Waals surface area (Å²) in [5.41, 5.74) is 1.35. The highest BCUT2D eigenvalue weighted by molar-refractivity contribution is 6.11. The average molecular weight is 538 g/mol. The molecule has 0 aliphatic carbocycles. The minimum Gasteiger partial charge on any atom is -0.496 e. The fraction of sp³-hybridized carbons (Fsp3) is 0.265. The molecule has 4 rings (SSSR count). The first-order valence-electron chi connectivity index (χ1n) is 13.4. The zero-order chi connectivity index (χ0) is 28.4. The van der Waals surface area contributed by atoms with Crippen molar-refractivity contribution >= 4 is 17.7 Å². The molecule has 0 unspecified atom stereocenters. The number of carbonyl (C=O) groups is 2. The van der Waals surface area contributed by atoms with Crippen molar-refractivity contribution in [1.29, 1.82) is 0 Å². The van der Waals surface area contributed by atoms with E-state index >= 15 is 0 Å². The number of aryl methyl sites for hydroxylation is 1. The van der Waals surface area contributed by atoms with E-state index in [1.807, 2.05) is 73.7 Å². The van der Waals surface area contributed by atoms with Crippen molar-refractivity contribution in [2.75, 3.05) is 14.2 Å². The van der Waals surface area contributed by atoms with Gasteiger partial charge in [-0.2, -0.15) is 0 Å². The molecule has 0 fully saturated rings. The Balaban J connectivity index is 1.83. The molecule has 0 bridgehead atoms. The second-order valence-electron chi connectivity index (χ2n) is 9.66. The summed E-state index contributed by atoms with van der Waals surface area (Å²) in [6.45, 7) is 1.82. The lowest BCUT2D eigenvalue weighted by atomic mass is 9.76. The van der Waals surface area contributed by atoms with E-state index in [4.69, 9.17) is 19.2 Å². The summed E-state index contributed by atoms with van der Waals surface area (Å²) in [4.78, 5) is 31.3. The number of ether oxygens (including phenoxy) is 3. The van der Waals surface area contributed by atoms with Gasteiger partial charge in [0, 0.05) is 18.8 Å². The molecule has 1 aliphatic heterocycles. The number of esters is 1. The normalized spacial score (nSPS) is 17.6. The number of hydrogen-bond donors (Lipinski definition) is 0. The lowest BCUT2D eigenvalue weighted by molar-refractivity contribution is -0.140. The molecule has 2 atom stereocenters. The van der Waals surface area contributed by atoms with Gasteiger partial charge in [-0.1, -0.05) is 85.0 Å². The van der Waals surface area contributed by atoms with Gasteiger partial charge in [-0.05, 0) is 49.1 Å². The SMILES string of the molecule is C/C=C/C(=O)C/C=C/[C@@H](CCc1ccccc1)[C@@]1(Cc2ccccc2)N=C(c2c(OC)cccc2OC)OC1=O. The number of cyclic esters (lactones) is 1. The molecular weight excluding hydrogens is 502 g/mol. The van der Waals surface area contributed by atoms with Gasteiger partial charge < -0.3 is 14.2 Å². The van der Waals surface area contributed by atoms with Crippen LogP contribution in [0.5, 0.6) is 11.5 Å². The van der Waals surface area contributed by atoms with Crippen molar-refractivity contribution in [3.63, 3.8) is 0 Å². The van der Waals surface area contributed by atoms with Crippen LogP contribution in [0.15, 0.2) is 108 Å². The van der Waals surface area contributed by atoms with E-state index in [2.05, 4.69) is 12.1 Å². The Morgan fingerprint density at radius 3 is 2.15 bits per heavy atom. The maximum Gasteiger partial charge on any atom is 0.341 e. The lowest BCUT2D eigenvalue weighted by Gasteiger charge is -2.30. The molecule has 0 spiro atoms. The van der Waals surface area contributed by atoms with Gasteiger partial charge in [0.1, 0.15) is 17.1 Å². The van der Waals surface area contributed by atoms with Crippen LogP contribution in [0, 0.1) is 5.92 Å². The van der Waals surface area contributed by atoms with Crippen LogP contribution in [-0.2, 0) is 27.2 Å². The largest absolute Gasteiger partial charge is 0.496 e. The first-order valence-corrected chi connectivity index (χ1v) is 13.4. The van der Waals surface area contributed by atoms with Gasteiger partial charge in [-0.25, -0.2) is 9.79 Å². The number of ketones is 1. The molecule has 0 saturated heterocycles. The molecule has 0 radical (unpaired) electrons. The topological polar surface area (TPSA) is 74.2 Å². The Kier molecular flexibility index (Phi) is 9.68. The van der Waals surface area contributed by atoms with Crippen molar-refractivity contribution in [1.82, 2.24) is 0 Å². The zero-order valence-electron chi connectivity index (χ0n) is 23.2. The molecule has 0 N–H and O–H groups in total. The van der Waals surface area contributed by atoms with Gasteiger partial charge in [0.05, 0.1) is 14.2 Å². The minimum atomic E-state index is -1.25. The summed E-state index contributed by atoms with van der Waals surface area (Å²) in [5.74, 6) is 0.358. The van der Waals surface area contributed by atoms with Crippen LogP contribution < -0.4 is 9.47 Å². The van der Waals surface area contributed by atoms with Crippen molar-refractivity contribution < 1.29 is 23.8 Å². The van der Waals surface area contributed by atoms with E-state index in [0.29, 0.717) is 29.9 Å². The number of allylic oxidation sites excluding steroid dienone is 3. The second kappa shape index (κ2) is 13.6. The van der Waals surface area contributed by atoms with E-state index in [1.165, 1.54) is 0 Å². The summed E-state index contributed by atoms with van der Waals surface area (Å²) in [7, 11) is 3.11. The third-order valence-corrected chi connectivity index (χ3v) is 7.04. The Labute approximate surface area is 236 Å². The summed E-state index contributed by atoms with van der Waals surface area (Å²) >= 11 is 0. The Morgan fingerprint density at radius 2 is 1.55 bits per heavy atom. The number of methoxy groups -OCH3 is 2. The number of benzene rings is 3. The minimum absolute atomic E-state index is 0.00499. The quantitative estimate of drug-likeness (QED) is 0.145. The molecule has 3 aromatic carbocycles. The fourth-order valence-electron chi connectivity index (χ4n) is 5.04. The predicted octanol–water partition coefficient (Wildman–Crippen LogP) is 6.33. The van der Waals surface area contributed by atoms with Crippen LogP contribution in [-0.4, -0.2) is 37.4 Å². The number of nitrogens with zero attached hydrogens (tertiary/aromatic N) is 1. The molecule has 206 valence electrons. The molecule has 0 amide bonds. The first-order chi connectivity index (χ1) is 19.5. The second-order valence-corrected chi connectivity index (χ2v) is 9.66. The van der Waals surface area contributed by atoms with Crippen LogP contribution in [0.2, 0.25) is 0 Å². The summed E-state index contributed by atoms with van der Waals surface area (Å²) in [6.07, 6.45) is 9.00. The van der Waals surface area contributed by atoms with Gasteiger partial charge in [0.25, 0.3) is 0 Å². The maximum atomic E-state index is 14.0. The molecular formula is C34H35NO5. The molecule has 1 heterocycles. The van der Waals surface area contributed by atoms with Crippen LogP contribution in [0.1, 0.15) is 36.5 Å². The molecule has 1 aliphatic rings. The highest BCUT2D eigenvalue weighted by Gasteiger charge is 2.51. The number of hydrogen-bond acceptors (Lipinski definition) is 6. The average Bonchev–Trinajstić information content (AvgIpc) is 3.31. The van der Waals surface area contributed by atoms with Gasteiger partial charge in [-0.3, -0.25) is 4.79 Å². The molecule has 0 aromatic heterocycles. The highest BCUT2D eigenvalue weighted by atomic mass is 16.6. The van der Waals surface area contributed by atoms with Crippen LogP contribution >= 0.6 is 0 Å². The molecule has 0 saturated carbocycles. The van der Waals surface area contributed by atoms with Crippen LogP contribution in [0.3, 0.4) is 0 Å². The van der Waals surface area contributed by atoms with Gasteiger partial charge >= 0.3 is 5.97 Å². The van der Waals surface area contributed by atoms with Crippen molar-refractivity contribution in [3.05, 3.63) is 120 Å². The highest BCUT2D eigenvalue weighted by Crippen LogP contribution is 2.40. The Bertz CT molecular complexity index is 1370. The van der Waals surface area contributed by atoms with Gasteiger partial charge in [-0.15, -0.1) is 0 Å². The summed E-state index contributed by atoms with van der Waals surface area (Å²) in [6, 6.07) is 25.3. The Hall–Kier alpha value is -4.45. The van der Waals surface area contributed by atoms with E-state index in [9.17, 15) is 9.59 Å². The maximum absolute atomic E-state index is 14.0. The zero-order valence-corrected chi connectivity index (χ0v) is 23.2. The van der Waals surface area contributed by atoms with Crippen LogP contribution in [0.25, 0.3) is 0 Å². The van der Waals surface area contributed by atoms with E-state index in [1.54, 1.807) is 38.5 Å². The predicted molar refractivity (Wildman–Crippen MR) is 157 cm³/mol. The van der Waals surface area contributed by atoms with Crippen LogP contribution in [0.4, 0.5) is 0 Å². The van der Waals surface area contributed by atoms with Crippen molar-refractivity contribution in [3.8, 4) is 11.5 Å². The standard InChI is InChI=1S/C34H35NO5/c1-4-13-28(36)19-11-18-27(23-22-25-14-7-5-8-15-25)34(24-26-16-9-6-10-17-26)33(37)40-32(35-34)31-29(38-2)20-12-21-30(31)39-3/h4-18,20-21,27H,19,22-24H2,1-3H3/b13-4+,18-11+/t27-,34+/m0/s1. The number of carbonyl (C=O) groups excluding carboxylic acids is 2. The summed E-state index contributed by atoms with van der Waals surface area (Å²) < 4.78 is 17.1. The fourth-order valence-corrected chi connectivity index (χ4v) is 5.04. The van der Waals surface area contributed by atoms with E-state index < -0.39 is 11.5 Å². The monoisotopic (exact) mass is 537 g/mol. The van der Waals surface area contributed by atoms with Gasteiger partial charge in [0.15, 0.2) is 11.3 Å². The molecule has 40 heavy (non-hydrogen) atoms. The van der Waals surface area contributed by atoms with Crippen molar-refractivity contribution in [2.24, 2.45) is 10.9 Å². The summed E-state index contributed by atoms with van der Waals surface area (Å²) in [5, 5.41) is 0. The van der Waals surface area contributed by atoms with Crippen molar-refractivity contribution in [2.45, 2.75) is 38.1 Å². The molecule has 6 heteroatoms. The van der Waals surface area contributed by atoms with E-state index in [-0.39, 0.29) is 24.0 Å². The van der Waals surface area contributed by atoms with Gasteiger partial charge in [0.2, 0.25) is 5.90 Å². The number of aliphatic imine (C=N–C) groups is 1. The third-order valence-electron chi connectivity index (χ3n) is 7.04. The van der Waals surface area contributed by atoms with E-state index in [0.717, 1.165) is 17.5 Å². The third kappa shape index (κ3) is 6.57. The smallest absolute Gasteiger partial charge is 0.341 e. The number of rotatable bonds is 13. The Morgan fingerprint density at radius 1 is 0.925 bits per heavy atom.